The van der Waals surface area contributed by atoms with Gasteiger partial charge in [-0.15, -0.1) is 12.4 Å². The van der Waals surface area contributed by atoms with Gasteiger partial charge in [0.05, 0.1) is 0 Å². The first-order chi connectivity index (χ1) is 6.79. The van der Waals surface area contributed by atoms with Crippen molar-refractivity contribution in [1.29, 1.82) is 0 Å². The van der Waals surface area contributed by atoms with E-state index in [0.717, 1.165) is 12.8 Å². The van der Waals surface area contributed by atoms with Crippen LogP contribution in [0.1, 0.15) is 36.5 Å². The molecule has 1 unspecified atom stereocenters. The van der Waals surface area contributed by atoms with Gasteiger partial charge in [0.15, 0.2) is 0 Å². The average Bonchev–Trinajstić information content (AvgIpc) is 2.54. The number of halogens is 1. The van der Waals surface area contributed by atoms with Crippen molar-refractivity contribution in [3.8, 4) is 0 Å². The lowest BCUT2D eigenvalue weighted by Gasteiger charge is -2.03. The molecule has 0 spiro atoms. The molecular weight excluding hydrogens is 206 g/mol. The Morgan fingerprint density at radius 1 is 1.27 bits per heavy atom. The van der Waals surface area contributed by atoms with E-state index >= 15 is 0 Å². The Balaban J connectivity index is 0.00000112. The molecule has 0 radical (unpaired) electrons. The third-order valence-electron chi connectivity index (χ3n) is 3.05. The Labute approximate surface area is 98.5 Å². The van der Waals surface area contributed by atoms with Crippen LogP contribution in [0.5, 0.6) is 0 Å². The lowest BCUT2D eigenvalue weighted by atomic mass is 10.0. The quantitative estimate of drug-likeness (QED) is 0.841. The van der Waals surface area contributed by atoms with Crippen LogP contribution < -0.4 is 5.73 Å². The normalized spacial score (nSPS) is 18.4. The highest BCUT2D eigenvalue weighted by atomic mass is 35.5. The van der Waals surface area contributed by atoms with E-state index in [0.29, 0.717) is 6.04 Å². The third-order valence-corrected chi connectivity index (χ3v) is 3.05. The summed E-state index contributed by atoms with van der Waals surface area (Å²) in [4.78, 5) is 0. The zero-order valence-electron chi connectivity index (χ0n) is 9.33. The van der Waals surface area contributed by atoms with Crippen LogP contribution >= 0.6 is 12.4 Å². The van der Waals surface area contributed by atoms with Crippen LogP contribution in [0.25, 0.3) is 0 Å². The van der Waals surface area contributed by atoms with E-state index in [1.807, 2.05) is 0 Å². The molecule has 1 nitrogen and oxygen atoms in total. The van der Waals surface area contributed by atoms with Crippen LogP contribution in [0.15, 0.2) is 18.2 Å². The summed E-state index contributed by atoms with van der Waals surface area (Å²) in [5.74, 6) is 0. The van der Waals surface area contributed by atoms with E-state index in [9.17, 15) is 0 Å². The molecule has 0 bridgehead atoms. The smallest absolute Gasteiger partial charge is 0.0120 e. The SMILES string of the molecule is CCCCc1ccc2c(c1)CC(N)C2.Cl. The van der Waals surface area contributed by atoms with Gasteiger partial charge in [0.25, 0.3) is 0 Å². The van der Waals surface area contributed by atoms with Gasteiger partial charge in [-0.1, -0.05) is 31.5 Å². The topological polar surface area (TPSA) is 26.0 Å². The molecule has 2 rings (SSSR count). The Morgan fingerprint density at radius 3 is 2.73 bits per heavy atom. The zero-order valence-corrected chi connectivity index (χ0v) is 10.1. The van der Waals surface area contributed by atoms with E-state index in [1.54, 1.807) is 0 Å². The van der Waals surface area contributed by atoms with Gasteiger partial charge >= 0.3 is 0 Å². The number of unbranched alkanes of at least 4 members (excludes halogenated alkanes) is 1. The van der Waals surface area contributed by atoms with Crippen molar-refractivity contribution in [3.63, 3.8) is 0 Å². The molecule has 2 N–H and O–H groups in total. The van der Waals surface area contributed by atoms with E-state index in [1.165, 1.54) is 36.0 Å². The molecule has 0 fully saturated rings. The monoisotopic (exact) mass is 225 g/mol. The molecule has 1 atom stereocenters. The summed E-state index contributed by atoms with van der Waals surface area (Å²) in [6.45, 7) is 2.24. The van der Waals surface area contributed by atoms with Gasteiger partial charge in [-0.25, -0.2) is 0 Å². The maximum atomic E-state index is 5.94. The molecule has 1 aromatic rings. The molecular formula is C13H20ClN. The lowest BCUT2D eigenvalue weighted by Crippen LogP contribution is -2.18. The number of benzene rings is 1. The molecule has 2 heteroatoms. The number of rotatable bonds is 3. The number of aryl methyl sites for hydroxylation is 1. The Morgan fingerprint density at radius 2 is 2.00 bits per heavy atom. The van der Waals surface area contributed by atoms with Crippen LogP contribution in [-0.2, 0) is 19.3 Å². The van der Waals surface area contributed by atoms with Crippen molar-refractivity contribution in [3.05, 3.63) is 34.9 Å². The van der Waals surface area contributed by atoms with Crippen LogP contribution in [0.2, 0.25) is 0 Å². The van der Waals surface area contributed by atoms with Crippen molar-refractivity contribution in [2.24, 2.45) is 5.73 Å². The summed E-state index contributed by atoms with van der Waals surface area (Å²) in [6, 6.07) is 7.27. The van der Waals surface area contributed by atoms with Crippen LogP contribution in [0.3, 0.4) is 0 Å². The average molecular weight is 226 g/mol. The van der Waals surface area contributed by atoms with E-state index in [2.05, 4.69) is 25.1 Å². The highest BCUT2D eigenvalue weighted by molar-refractivity contribution is 5.85. The summed E-state index contributed by atoms with van der Waals surface area (Å²) in [6.07, 6.45) is 5.94. The second-order valence-electron chi connectivity index (χ2n) is 4.37. The predicted molar refractivity (Wildman–Crippen MR) is 67.7 cm³/mol. The molecule has 0 amide bonds. The Bertz CT molecular complexity index is 322. The van der Waals surface area contributed by atoms with Gasteiger partial charge in [-0.2, -0.15) is 0 Å². The molecule has 84 valence electrons. The highest BCUT2D eigenvalue weighted by Gasteiger charge is 2.17. The summed E-state index contributed by atoms with van der Waals surface area (Å²) in [5.41, 5.74) is 10.4. The number of fused-ring (bicyclic) bond motifs is 1. The van der Waals surface area contributed by atoms with Crippen molar-refractivity contribution in [2.75, 3.05) is 0 Å². The molecule has 0 saturated carbocycles. The van der Waals surface area contributed by atoms with E-state index in [4.69, 9.17) is 5.73 Å². The lowest BCUT2D eigenvalue weighted by molar-refractivity contribution is 0.721. The second kappa shape index (κ2) is 5.53. The maximum absolute atomic E-state index is 5.94. The summed E-state index contributed by atoms with van der Waals surface area (Å²) >= 11 is 0. The molecule has 1 aliphatic rings. The largest absolute Gasteiger partial charge is 0.327 e. The minimum atomic E-state index is 0. The molecule has 0 aliphatic heterocycles. The predicted octanol–water partition coefficient (Wildman–Crippen LogP) is 2.88. The Hall–Kier alpha value is -0.530. The van der Waals surface area contributed by atoms with Crippen LogP contribution in [0.4, 0.5) is 0 Å². The fourth-order valence-electron chi connectivity index (χ4n) is 2.24. The maximum Gasteiger partial charge on any atom is 0.0120 e. The molecule has 0 aromatic heterocycles. The Kier molecular flexibility index (Phi) is 4.62. The van der Waals surface area contributed by atoms with E-state index < -0.39 is 0 Å². The minimum absolute atomic E-state index is 0. The summed E-state index contributed by atoms with van der Waals surface area (Å²) in [7, 11) is 0. The summed E-state index contributed by atoms with van der Waals surface area (Å²) < 4.78 is 0. The molecule has 15 heavy (non-hydrogen) atoms. The summed E-state index contributed by atoms with van der Waals surface area (Å²) in [5, 5.41) is 0. The van der Waals surface area contributed by atoms with Gasteiger partial charge in [0.2, 0.25) is 0 Å². The highest BCUT2D eigenvalue weighted by Crippen LogP contribution is 2.22. The van der Waals surface area contributed by atoms with Crippen molar-refractivity contribution < 1.29 is 0 Å². The molecule has 1 aromatic carbocycles. The fourth-order valence-corrected chi connectivity index (χ4v) is 2.24. The van der Waals surface area contributed by atoms with Gasteiger partial charge < -0.3 is 5.73 Å². The minimum Gasteiger partial charge on any atom is -0.327 e. The second-order valence-corrected chi connectivity index (χ2v) is 4.37. The molecule has 1 aliphatic carbocycles. The first-order valence-corrected chi connectivity index (χ1v) is 5.66. The van der Waals surface area contributed by atoms with Crippen molar-refractivity contribution >= 4 is 12.4 Å². The molecule has 0 heterocycles. The van der Waals surface area contributed by atoms with Gasteiger partial charge in [0.1, 0.15) is 0 Å². The molecule has 0 saturated heterocycles. The van der Waals surface area contributed by atoms with E-state index in [-0.39, 0.29) is 12.4 Å². The van der Waals surface area contributed by atoms with Gasteiger partial charge in [-0.05, 0) is 42.4 Å². The van der Waals surface area contributed by atoms with Crippen LogP contribution in [-0.4, -0.2) is 6.04 Å². The van der Waals surface area contributed by atoms with Crippen molar-refractivity contribution in [1.82, 2.24) is 0 Å². The van der Waals surface area contributed by atoms with Gasteiger partial charge in [0, 0.05) is 6.04 Å². The first kappa shape index (κ1) is 12.5. The van der Waals surface area contributed by atoms with Gasteiger partial charge in [-0.3, -0.25) is 0 Å². The standard InChI is InChI=1S/C13H19N.ClH/c1-2-3-4-10-5-6-11-8-13(14)9-12(11)7-10;/h5-7,13H,2-4,8-9,14H2,1H3;1H. The fraction of sp³-hybridized carbons (Fsp3) is 0.538. The number of hydrogen-bond acceptors (Lipinski definition) is 1. The zero-order chi connectivity index (χ0) is 9.97. The third kappa shape index (κ3) is 2.96. The van der Waals surface area contributed by atoms with Crippen LogP contribution in [0, 0.1) is 0 Å². The number of hydrogen-bond donors (Lipinski definition) is 1. The first-order valence-electron chi connectivity index (χ1n) is 5.66. The number of nitrogens with two attached hydrogens (primary N) is 1. The van der Waals surface area contributed by atoms with Crippen molar-refractivity contribution in [2.45, 2.75) is 45.1 Å².